The molecule has 0 amide bonds. The third kappa shape index (κ3) is 2.69. The van der Waals surface area contributed by atoms with Gasteiger partial charge in [0.1, 0.15) is 11.6 Å². The zero-order valence-electron chi connectivity index (χ0n) is 11.2. The Morgan fingerprint density at radius 3 is 2.35 bits per heavy atom. The molecule has 2 aromatic carbocycles. The van der Waals surface area contributed by atoms with E-state index in [0.717, 1.165) is 24.3 Å². The molecule has 0 unspecified atom stereocenters. The number of rotatable bonds is 1. The van der Waals surface area contributed by atoms with Gasteiger partial charge in [-0.3, -0.25) is 4.79 Å². The van der Waals surface area contributed by atoms with Crippen molar-refractivity contribution < 1.29 is 26.4 Å². The predicted octanol–water partition coefficient (Wildman–Crippen LogP) is 4.76. The Bertz CT molecular complexity index is 957. The molecule has 0 bridgehead atoms. The van der Waals surface area contributed by atoms with Crippen LogP contribution in [0.5, 0.6) is 0 Å². The van der Waals surface area contributed by atoms with Crippen molar-refractivity contribution in [1.82, 2.24) is 0 Å². The molecule has 0 atom stereocenters. The van der Waals surface area contributed by atoms with Crippen LogP contribution in [-0.4, -0.2) is 0 Å². The molecule has 0 saturated carbocycles. The summed E-state index contributed by atoms with van der Waals surface area (Å²) in [6.45, 7) is 0. The maximum absolute atomic E-state index is 13.8. The number of alkyl halides is 3. The second-order valence-corrected chi connectivity index (χ2v) is 4.78. The molecule has 0 saturated heterocycles. The molecular weight excluding hydrogens is 319 g/mol. The SMILES string of the molecule is O=c1cc(-c2ccccc2C(F)(F)F)oc2c(F)cc(F)cc12. The van der Waals surface area contributed by atoms with Crippen molar-refractivity contribution in [3.05, 3.63) is 69.9 Å². The van der Waals surface area contributed by atoms with Crippen LogP contribution in [0.2, 0.25) is 0 Å². The zero-order chi connectivity index (χ0) is 16.8. The Hall–Kier alpha value is -2.70. The van der Waals surface area contributed by atoms with Gasteiger partial charge >= 0.3 is 6.18 Å². The molecule has 0 N–H and O–H groups in total. The van der Waals surface area contributed by atoms with Gasteiger partial charge in [-0.1, -0.05) is 18.2 Å². The maximum Gasteiger partial charge on any atom is 0.417 e. The fourth-order valence-corrected chi connectivity index (χ4v) is 2.26. The molecule has 3 rings (SSSR count). The van der Waals surface area contributed by atoms with Gasteiger partial charge in [0.05, 0.1) is 10.9 Å². The quantitative estimate of drug-likeness (QED) is 0.604. The average Bonchev–Trinajstić information content (AvgIpc) is 2.47. The van der Waals surface area contributed by atoms with Gasteiger partial charge in [0.25, 0.3) is 0 Å². The molecule has 0 spiro atoms. The highest BCUT2D eigenvalue weighted by atomic mass is 19.4. The van der Waals surface area contributed by atoms with Crippen molar-refractivity contribution in [2.75, 3.05) is 0 Å². The minimum absolute atomic E-state index is 0.379. The van der Waals surface area contributed by atoms with Crippen molar-refractivity contribution in [3.63, 3.8) is 0 Å². The van der Waals surface area contributed by atoms with E-state index in [1.807, 2.05) is 0 Å². The molecular formula is C16H7F5O2. The van der Waals surface area contributed by atoms with E-state index < -0.39 is 45.7 Å². The highest BCUT2D eigenvalue weighted by Gasteiger charge is 2.34. The first-order chi connectivity index (χ1) is 10.8. The van der Waals surface area contributed by atoms with Gasteiger partial charge in [-0.05, 0) is 12.1 Å². The molecule has 1 heterocycles. The van der Waals surface area contributed by atoms with Crippen molar-refractivity contribution in [3.8, 4) is 11.3 Å². The molecule has 0 aliphatic heterocycles. The summed E-state index contributed by atoms with van der Waals surface area (Å²) >= 11 is 0. The summed E-state index contributed by atoms with van der Waals surface area (Å²) < 4.78 is 71.1. The number of benzene rings is 2. The molecule has 2 nitrogen and oxygen atoms in total. The Kier molecular flexibility index (Phi) is 3.43. The summed E-state index contributed by atoms with van der Waals surface area (Å²) in [7, 11) is 0. The van der Waals surface area contributed by atoms with E-state index in [1.165, 1.54) is 12.1 Å². The molecule has 118 valence electrons. The summed E-state index contributed by atoms with van der Waals surface area (Å²) in [6, 6.07) is 6.48. The van der Waals surface area contributed by atoms with Crippen molar-refractivity contribution >= 4 is 11.0 Å². The van der Waals surface area contributed by atoms with Crippen LogP contribution in [0.4, 0.5) is 22.0 Å². The number of hydrogen-bond donors (Lipinski definition) is 0. The van der Waals surface area contributed by atoms with Gasteiger partial charge in [0.2, 0.25) is 0 Å². The van der Waals surface area contributed by atoms with Crippen LogP contribution < -0.4 is 5.43 Å². The van der Waals surface area contributed by atoms with Crippen molar-refractivity contribution in [2.45, 2.75) is 6.18 Å². The zero-order valence-corrected chi connectivity index (χ0v) is 11.2. The molecule has 23 heavy (non-hydrogen) atoms. The molecule has 0 aliphatic rings. The summed E-state index contributed by atoms with van der Waals surface area (Å²) in [4.78, 5) is 12.0. The standard InChI is InChI=1S/C16H7F5O2/c17-8-5-10-13(22)7-14(23-15(10)12(18)6-8)9-3-1-2-4-11(9)16(19,20)21/h1-7H. The first kappa shape index (κ1) is 15.2. The lowest BCUT2D eigenvalue weighted by atomic mass is 10.0. The fraction of sp³-hybridized carbons (Fsp3) is 0.0625. The van der Waals surface area contributed by atoms with Crippen molar-refractivity contribution in [1.29, 1.82) is 0 Å². The Balaban J connectivity index is 2.34. The highest BCUT2D eigenvalue weighted by molar-refractivity contribution is 5.79. The molecule has 1 aromatic heterocycles. The normalized spacial score (nSPS) is 11.9. The van der Waals surface area contributed by atoms with Crippen LogP contribution >= 0.6 is 0 Å². The van der Waals surface area contributed by atoms with Crippen molar-refractivity contribution in [2.24, 2.45) is 0 Å². The smallest absolute Gasteiger partial charge is 0.417 e. The fourth-order valence-electron chi connectivity index (χ4n) is 2.26. The number of halogens is 5. The summed E-state index contributed by atoms with van der Waals surface area (Å²) in [5.41, 5.74) is -2.85. The predicted molar refractivity (Wildman–Crippen MR) is 72.8 cm³/mol. The van der Waals surface area contributed by atoms with Gasteiger partial charge < -0.3 is 4.42 Å². The Labute approximate surface area is 125 Å². The Morgan fingerprint density at radius 1 is 0.957 bits per heavy atom. The van der Waals surface area contributed by atoms with E-state index in [0.29, 0.717) is 6.07 Å². The second-order valence-electron chi connectivity index (χ2n) is 4.78. The van der Waals surface area contributed by atoms with Gasteiger partial charge in [-0.2, -0.15) is 13.2 Å². The van der Waals surface area contributed by atoms with Crippen LogP contribution in [0.1, 0.15) is 5.56 Å². The van der Waals surface area contributed by atoms with Gasteiger partial charge in [0.15, 0.2) is 16.8 Å². The van der Waals surface area contributed by atoms with Gasteiger partial charge in [-0.25, -0.2) is 8.78 Å². The maximum atomic E-state index is 13.8. The molecule has 0 radical (unpaired) electrons. The van der Waals surface area contributed by atoms with E-state index >= 15 is 0 Å². The third-order valence-corrected chi connectivity index (χ3v) is 3.25. The Morgan fingerprint density at radius 2 is 1.65 bits per heavy atom. The van der Waals surface area contributed by atoms with E-state index in [4.69, 9.17) is 4.42 Å². The van der Waals surface area contributed by atoms with Crippen LogP contribution in [-0.2, 0) is 6.18 Å². The highest BCUT2D eigenvalue weighted by Crippen LogP contribution is 2.37. The van der Waals surface area contributed by atoms with Gasteiger partial charge in [-0.15, -0.1) is 0 Å². The van der Waals surface area contributed by atoms with Crippen LogP contribution in [0, 0.1) is 11.6 Å². The molecule has 7 heteroatoms. The summed E-state index contributed by atoms with van der Waals surface area (Å²) in [6.07, 6.45) is -4.68. The minimum atomic E-state index is -4.68. The largest absolute Gasteiger partial charge is 0.453 e. The molecule has 0 aliphatic carbocycles. The minimum Gasteiger partial charge on any atom is -0.453 e. The van der Waals surface area contributed by atoms with E-state index in [2.05, 4.69) is 0 Å². The molecule has 0 fully saturated rings. The van der Waals surface area contributed by atoms with Gasteiger partial charge in [0, 0.05) is 17.7 Å². The number of fused-ring (bicyclic) bond motifs is 1. The topological polar surface area (TPSA) is 30.2 Å². The van der Waals surface area contributed by atoms with E-state index in [9.17, 15) is 26.7 Å². The van der Waals surface area contributed by atoms with Crippen LogP contribution in [0.25, 0.3) is 22.3 Å². The summed E-state index contributed by atoms with van der Waals surface area (Å²) in [5.74, 6) is -2.59. The monoisotopic (exact) mass is 326 g/mol. The number of hydrogen-bond acceptors (Lipinski definition) is 2. The lowest BCUT2D eigenvalue weighted by molar-refractivity contribution is -0.137. The molecule has 3 aromatic rings. The third-order valence-electron chi connectivity index (χ3n) is 3.25. The average molecular weight is 326 g/mol. The van der Waals surface area contributed by atoms with Crippen LogP contribution in [0.3, 0.4) is 0 Å². The summed E-state index contributed by atoms with van der Waals surface area (Å²) in [5, 5.41) is -0.379. The van der Waals surface area contributed by atoms with E-state index in [1.54, 1.807) is 0 Å². The lowest BCUT2D eigenvalue weighted by Crippen LogP contribution is -2.08. The van der Waals surface area contributed by atoms with E-state index in [-0.39, 0.29) is 5.39 Å². The van der Waals surface area contributed by atoms with Crippen LogP contribution in [0.15, 0.2) is 51.7 Å². The first-order valence-corrected chi connectivity index (χ1v) is 6.37. The lowest BCUT2D eigenvalue weighted by Gasteiger charge is -2.12. The second kappa shape index (κ2) is 5.19. The first-order valence-electron chi connectivity index (χ1n) is 6.37.